The van der Waals surface area contributed by atoms with Crippen LogP contribution in [0.25, 0.3) is 0 Å². The first-order valence-electron chi connectivity index (χ1n) is 7.83. The molecule has 10 heteroatoms. The number of hydrogen-bond acceptors (Lipinski definition) is 6. The van der Waals surface area contributed by atoms with Crippen molar-refractivity contribution in [1.82, 2.24) is 14.8 Å². The van der Waals surface area contributed by atoms with Gasteiger partial charge in [-0.25, -0.2) is 14.1 Å². The van der Waals surface area contributed by atoms with E-state index in [0.29, 0.717) is 24.6 Å². The summed E-state index contributed by atoms with van der Waals surface area (Å²) in [5.74, 6) is -1.15. The first kappa shape index (κ1) is 18.0. The number of benzene rings is 2. The van der Waals surface area contributed by atoms with Gasteiger partial charge in [0, 0.05) is 23.9 Å². The summed E-state index contributed by atoms with van der Waals surface area (Å²) >= 11 is 0. The van der Waals surface area contributed by atoms with Crippen LogP contribution in [0.15, 0.2) is 55.1 Å². The number of nitrogens with zero attached hydrogens (tertiary/aromatic N) is 4. The molecule has 1 aromatic heterocycles. The number of carbonyl (C=O) groups excluding carboxylic acids is 1. The van der Waals surface area contributed by atoms with Gasteiger partial charge < -0.3 is 10.1 Å². The van der Waals surface area contributed by atoms with Crippen LogP contribution in [0.5, 0.6) is 5.75 Å². The van der Waals surface area contributed by atoms with Crippen LogP contribution in [-0.4, -0.2) is 32.2 Å². The summed E-state index contributed by atoms with van der Waals surface area (Å²) in [5, 5.41) is 17.3. The largest absolute Gasteiger partial charge is 0.492 e. The highest BCUT2D eigenvalue weighted by Crippen LogP contribution is 2.21. The van der Waals surface area contributed by atoms with Crippen LogP contribution in [-0.2, 0) is 6.54 Å². The van der Waals surface area contributed by atoms with Crippen LogP contribution in [0.1, 0.15) is 10.4 Å². The van der Waals surface area contributed by atoms with E-state index in [1.807, 2.05) is 0 Å². The molecule has 138 valence electrons. The molecule has 2 aromatic carbocycles. The minimum Gasteiger partial charge on any atom is -0.492 e. The van der Waals surface area contributed by atoms with Crippen molar-refractivity contribution in [2.45, 2.75) is 6.54 Å². The molecular weight excluding hydrogens is 357 g/mol. The molecule has 0 aliphatic rings. The van der Waals surface area contributed by atoms with E-state index in [0.717, 1.165) is 18.2 Å². The van der Waals surface area contributed by atoms with E-state index in [1.165, 1.54) is 6.33 Å². The lowest BCUT2D eigenvalue weighted by molar-refractivity contribution is -0.384. The summed E-state index contributed by atoms with van der Waals surface area (Å²) in [5.41, 5.74) is -0.419. The van der Waals surface area contributed by atoms with Crippen molar-refractivity contribution in [1.29, 1.82) is 0 Å². The van der Waals surface area contributed by atoms with E-state index in [2.05, 4.69) is 15.4 Å². The Bertz CT molecular complexity index is 962. The number of ether oxygens (including phenoxy) is 1. The third-order valence-electron chi connectivity index (χ3n) is 3.55. The van der Waals surface area contributed by atoms with Gasteiger partial charge in [-0.3, -0.25) is 14.9 Å². The van der Waals surface area contributed by atoms with Gasteiger partial charge in [0.2, 0.25) is 0 Å². The number of nitrogens with one attached hydrogen (secondary N) is 1. The van der Waals surface area contributed by atoms with Gasteiger partial charge in [0.15, 0.2) is 0 Å². The number of amides is 1. The highest BCUT2D eigenvalue weighted by Gasteiger charge is 2.17. The quantitative estimate of drug-likeness (QED) is 0.505. The van der Waals surface area contributed by atoms with E-state index in [-0.39, 0.29) is 5.69 Å². The number of rotatable bonds is 7. The molecule has 0 bridgehead atoms. The topological polar surface area (TPSA) is 112 Å². The number of nitro benzene ring substituents is 1. The molecule has 0 fully saturated rings. The molecule has 3 rings (SSSR count). The number of anilines is 1. The van der Waals surface area contributed by atoms with Crippen molar-refractivity contribution in [2.24, 2.45) is 0 Å². The molecule has 1 N–H and O–H groups in total. The Morgan fingerprint density at radius 3 is 2.89 bits per heavy atom. The lowest BCUT2D eigenvalue weighted by Crippen LogP contribution is -2.14. The average molecular weight is 371 g/mol. The number of hydrogen-bond donors (Lipinski definition) is 1. The van der Waals surface area contributed by atoms with Gasteiger partial charge in [-0.05, 0) is 18.2 Å². The summed E-state index contributed by atoms with van der Waals surface area (Å²) in [4.78, 5) is 26.2. The number of halogens is 1. The molecule has 3 aromatic rings. The van der Waals surface area contributed by atoms with Gasteiger partial charge in [-0.15, -0.1) is 0 Å². The molecule has 0 saturated heterocycles. The molecule has 0 radical (unpaired) electrons. The SMILES string of the molecule is O=C(Nc1cccc(OCCn2cncn2)c1)c1cc([N+](=O)[O-])ccc1F. The fraction of sp³-hybridized carbons (Fsp3) is 0.118. The van der Waals surface area contributed by atoms with Crippen LogP contribution >= 0.6 is 0 Å². The average Bonchev–Trinajstić information content (AvgIpc) is 3.15. The Hall–Kier alpha value is -3.82. The summed E-state index contributed by atoms with van der Waals surface area (Å²) < 4.78 is 21.0. The monoisotopic (exact) mass is 371 g/mol. The number of aromatic nitrogens is 3. The molecule has 1 amide bonds. The van der Waals surface area contributed by atoms with E-state index < -0.39 is 22.2 Å². The second kappa shape index (κ2) is 8.04. The van der Waals surface area contributed by atoms with Crippen LogP contribution in [0.4, 0.5) is 15.8 Å². The van der Waals surface area contributed by atoms with Gasteiger partial charge in [-0.1, -0.05) is 6.07 Å². The first-order valence-corrected chi connectivity index (χ1v) is 7.83. The predicted molar refractivity (Wildman–Crippen MR) is 93.0 cm³/mol. The summed E-state index contributed by atoms with van der Waals surface area (Å²) in [6, 6.07) is 9.29. The van der Waals surface area contributed by atoms with Crippen LogP contribution in [0.2, 0.25) is 0 Å². The van der Waals surface area contributed by atoms with Crippen LogP contribution < -0.4 is 10.1 Å². The van der Waals surface area contributed by atoms with Gasteiger partial charge in [-0.2, -0.15) is 5.10 Å². The molecule has 0 aliphatic heterocycles. The van der Waals surface area contributed by atoms with E-state index >= 15 is 0 Å². The Morgan fingerprint density at radius 1 is 1.30 bits per heavy atom. The zero-order valence-corrected chi connectivity index (χ0v) is 13.9. The smallest absolute Gasteiger partial charge is 0.270 e. The zero-order chi connectivity index (χ0) is 19.2. The van der Waals surface area contributed by atoms with Crippen molar-refractivity contribution in [2.75, 3.05) is 11.9 Å². The predicted octanol–water partition coefficient (Wildman–Crippen LogP) is 2.66. The first-order chi connectivity index (χ1) is 13.0. The zero-order valence-electron chi connectivity index (χ0n) is 13.9. The summed E-state index contributed by atoms with van der Waals surface area (Å²) in [7, 11) is 0. The van der Waals surface area contributed by atoms with Crippen molar-refractivity contribution in [3.8, 4) is 5.75 Å². The minimum absolute atomic E-state index is 0.334. The third kappa shape index (κ3) is 4.63. The fourth-order valence-electron chi connectivity index (χ4n) is 2.27. The summed E-state index contributed by atoms with van der Waals surface area (Å²) in [6.45, 7) is 0.829. The Morgan fingerprint density at radius 2 is 2.15 bits per heavy atom. The van der Waals surface area contributed by atoms with Gasteiger partial charge >= 0.3 is 0 Å². The van der Waals surface area contributed by atoms with Crippen molar-refractivity contribution in [3.63, 3.8) is 0 Å². The molecule has 0 saturated carbocycles. The molecule has 0 aliphatic carbocycles. The van der Waals surface area contributed by atoms with Crippen molar-refractivity contribution >= 4 is 17.3 Å². The highest BCUT2D eigenvalue weighted by molar-refractivity contribution is 6.04. The molecule has 27 heavy (non-hydrogen) atoms. The normalized spacial score (nSPS) is 10.4. The third-order valence-corrected chi connectivity index (χ3v) is 3.55. The molecule has 0 atom stereocenters. The maximum Gasteiger partial charge on any atom is 0.270 e. The fourth-order valence-corrected chi connectivity index (χ4v) is 2.27. The molecule has 0 spiro atoms. The maximum atomic E-state index is 13.8. The number of non-ortho nitro benzene ring substituents is 1. The molecule has 0 unspecified atom stereocenters. The van der Waals surface area contributed by atoms with Crippen molar-refractivity contribution < 1.29 is 18.8 Å². The standard InChI is InChI=1S/C17H14FN5O4/c18-16-5-4-13(23(25)26)9-15(16)17(24)21-12-2-1-3-14(8-12)27-7-6-22-11-19-10-20-22/h1-5,8-11H,6-7H2,(H,21,24). The molecule has 9 nitrogen and oxygen atoms in total. The minimum atomic E-state index is -0.849. The molecule has 1 heterocycles. The second-order valence-electron chi connectivity index (χ2n) is 5.41. The maximum absolute atomic E-state index is 13.8. The van der Waals surface area contributed by atoms with Crippen LogP contribution in [0.3, 0.4) is 0 Å². The van der Waals surface area contributed by atoms with E-state index in [1.54, 1.807) is 35.3 Å². The Kier molecular flexibility index (Phi) is 5.36. The molecular formula is C17H14FN5O4. The van der Waals surface area contributed by atoms with E-state index in [4.69, 9.17) is 4.74 Å². The lowest BCUT2D eigenvalue weighted by atomic mass is 10.1. The lowest BCUT2D eigenvalue weighted by Gasteiger charge is -2.09. The Balaban J connectivity index is 1.66. The van der Waals surface area contributed by atoms with E-state index in [9.17, 15) is 19.3 Å². The van der Waals surface area contributed by atoms with Gasteiger partial charge in [0.1, 0.15) is 30.8 Å². The van der Waals surface area contributed by atoms with Gasteiger partial charge in [0.05, 0.1) is 17.0 Å². The second-order valence-corrected chi connectivity index (χ2v) is 5.41. The summed E-state index contributed by atoms with van der Waals surface area (Å²) in [6.07, 6.45) is 2.98. The number of carbonyl (C=O) groups is 1. The highest BCUT2D eigenvalue weighted by atomic mass is 19.1. The van der Waals surface area contributed by atoms with Gasteiger partial charge in [0.25, 0.3) is 11.6 Å². The van der Waals surface area contributed by atoms with Crippen LogP contribution in [0, 0.1) is 15.9 Å². The number of nitro groups is 1. The van der Waals surface area contributed by atoms with Crippen molar-refractivity contribution in [3.05, 3.63) is 76.6 Å². The Labute approximate surface area is 152 Å².